The predicted molar refractivity (Wildman–Crippen MR) is 40.9 cm³/mol. The third-order valence-corrected chi connectivity index (χ3v) is 1.48. The number of rotatable bonds is 2. The summed E-state index contributed by atoms with van der Waals surface area (Å²) >= 11 is 0. The lowest BCUT2D eigenvalue weighted by molar-refractivity contribution is -0.198. The molecule has 3 heteroatoms. The Morgan fingerprint density at radius 2 is 2.36 bits per heavy atom. The first-order valence-electron chi connectivity index (χ1n) is 3.77. The molecular formula is C8H14O3. The Morgan fingerprint density at radius 1 is 1.64 bits per heavy atom. The zero-order valence-electron chi connectivity index (χ0n) is 6.96. The van der Waals surface area contributed by atoms with Gasteiger partial charge in [0, 0.05) is 20.3 Å². The maximum atomic E-state index is 8.63. The van der Waals surface area contributed by atoms with Gasteiger partial charge < -0.3 is 14.6 Å². The summed E-state index contributed by atoms with van der Waals surface area (Å²) in [6.45, 7) is 4.42. The van der Waals surface area contributed by atoms with E-state index in [9.17, 15) is 0 Å². The molecule has 0 aromatic rings. The number of aliphatic hydroxyl groups is 1. The highest BCUT2D eigenvalue weighted by atomic mass is 16.7. The second kappa shape index (κ2) is 3.24. The lowest BCUT2D eigenvalue weighted by Gasteiger charge is -2.31. The summed E-state index contributed by atoms with van der Waals surface area (Å²) in [6, 6.07) is 0. The summed E-state index contributed by atoms with van der Waals surface area (Å²) < 4.78 is 10.7. The molecule has 64 valence electrons. The molecule has 1 N–H and O–H groups in total. The van der Waals surface area contributed by atoms with Crippen LogP contribution >= 0.6 is 0 Å². The van der Waals surface area contributed by atoms with Crippen LogP contribution < -0.4 is 0 Å². The van der Waals surface area contributed by atoms with E-state index < -0.39 is 5.79 Å². The van der Waals surface area contributed by atoms with Gasteiger partial charge in [-0.1, -0.05) is 0 Å². The molecule has 0 fully saturated rings. The second-order valence-corrected chi connectivity index (χ2v) is 2.96. The minimum Gasteiger partial charge on any atom is -0.467 e. The van der Waals surface area contributed by atoms with E-state index in [0.29, 0.717) is 13.0 Å². The topological polar surface area (TPSA) is 38.7 Å². The van der Waals surface area contributed by atoms with Crippen molar-refractivity contribution in [1.82, 2.24) is 0 Å². The number of ether oxygens (including phenoxy) is 2. The van der Waals surface area contributed by atoms with Crippen molar-refractivity contribution in [3.8, 4) is 0 Å². The van der Waals surface area contributed by atoms with Crippen LogP contribution in [0.4, 0.5) is 0 Å². The summed E-state index contributed by atoms with van der Waals surface area (Å²) in [5.41, 5.74) is 0. The zero-order valence-corrected chi connectivity index (χ0v) is 6.96. The van der Waals surface area contributed by atoms with Crippen LogP contribution in [0.15, 0.2) is 11.8 Å². The van der Waals surface area contributed by atoms with Crippen molar-refractivity contribution in [2.45, 2.75) is 26.1 Å². The Morgan fingerprint density at radius 3 is 2.91 bits per heavy atom. The lowest BCUT2D eigenvalue weighted by atomic mass is 10.3. The Balaban J connectivity index is 2.49. The fourth-order valence-corrected chi connectivity index (χ4v) is 0.985. The number of hydrogen-bond acceptors (Lipinski definition) is 3. The van der Waals surface area contributed by atoms with E-state index >= 15 is 0 Å². The molecule has 3 nitrogen and oxygen atoms in total. The van der Waals surface area contributed by atoms with Crippen molar-refractivity contribution in [1.29, 1.82) is 0 Å². The number of aliphatic hydroxyl groups excluding tert-OH is 1. The smallest absolute Gasteiger partial charge is 0.204 e. The minimum absolute atomic E-state index is 0.127. The largest absolute Gasteiger partial charge is 0.467 e. The first-order chi connectivity index (χ1) is 5.14. The average molecular weight is 158 g/mol. The second-order valence-electron chi connectivity index (χ2n) is 2.96. The highest BCUT2D eigenvalue weighted by Gasteiger charge is 2.23. The lowest BCUT2D eigenvalue weighted by Crippen LogP contribution is -2.31. The molecule has 0 aromatic carbocycles. The van der Waals surface area contributed by atoms with E-state index in [1.165, 1.54) is 0 Å². The molecule has 0 aromatic heterocycles. The number of hydrogen-bond donors (Lipinski definition) is 1. The highest BCUT2D eigenvalue weighted by molar-refractivity contribution is 4.97. The predicted octanol–water partition coefficient (Wildman–Crippen LogP) is 1.04. The van der Waals surface area contributed by atoms with Crippen LogP contribution in [0.25, 0.3) is 0 Å². The monoisotopic (exact) mass is 158 g/mol. The Bertz CT molecular complexity index is 161. The summed E-state index contributed by atoms with van der Waals surface area (Å²) in [6.07, 6.45) is 2.42. The molecule has 0 radical (unpaired) electrons. The van der Waals surface area contributed by atoms with Crippen LogP contribution in [0.1, 0.15) is 20.3 Å². The van der Waals surface area contributed by atoms with E-state index in [2.05, 4.69) is 0 Å². The SMILES string of the molecule is CC1(C)OCC=C(CCO)O1. The van der Waals surface area contributed by atoms with Crippen molar-refractivity contribution in [3.63, 3.8) is 0 Å². The normalized spacial score (nSPS) is 22.3. The van der Waals surface area contributed by atoms with Gasteiger partial charge in [-0.2, -0.15) is 0 Å². The van der Waals surface area contributed by atoms with Crippen molar-refractivity contribution in [2.75, 3.05) is 13.2 Å². The van der Waals surface area contributed by atoms with Gasteiger partial charge in [-0.05, 0) is 6.08 Å². The molecule has 0 unspecified atom stereocenters. The third-order valence-electron chi connectivity index (χ3n) is 1.48. The third kappa shape index (κ3) is 2.52. The zero-order chi connectivity index (χ0) is 8.32. The molecule has 0 saturated carbocycles. The summed E-state index contributed by atoms with van der Waals surface area (Å²) in [7, 11) is 0. The van der Waals surface area contributed by atoms with E-state index in [-0.39, 0.29) is 6.61 Å². The van der Waals surface area contributed by atoms with Gasteiger partial charge in [-0.25, -0.2) is 0 Å². The van der Waals surface area contributed by atoms with E-state index in [1.807, 2.05) is 19.9 Å². The highest BCUT2D eigenvalue weighted by Crippen LogP contribution is 2.22. The molecule has 1 aliphatic rings. The standard InChI is InChI=1S/C8H14O3/c1-8(2)10-6-4-7(11-8)3-5-9/h4,9H,3,5-6H2,1-2H3. The van der Waals surface area contributed by atoms with Crippen LogP contribution in [-0.4, -0.2) is 24.1 Å². The molecule has 0 saturated heterocycles. The van der Waals surface area contributed by atoms with Crippen molar-refractivity contribution < 1.29 is 14.6 Å². The molecule has 1 aliphatic heterocycles. The minimum atomic E-state index is -0.529. The molecule has 1 rings (SSSR count). The van der Waals surface area contributed by atoms with Crippen LogP contribution in [-0.2, 0) is 9.47 Å². The van der Waals surface area contributed by atoms with Gasteiger partial charge in [0.05, 0.1) is 13.2 Å². The quantitative estimate of drug-likeness (QED) is 0.652. The fraction of sp³-hybridized carbons (Fsp3) is 0.750. The molecule has 0 amide bonds. The van der Waals surface area contributed by atoms with Gasteiger partial charge in [0.15, 0.2) is 0 Å². The van der Waals surface area contributed by atoms with Gasteiger partial charge in [0.2, 0.25) is 5.79 Å². The van der Waals surface area contributed by atoms with Crippen LogP contribution in [0, 0.1) is 0 Å². The van der Waals surface area contributed by atoms with Crippen molar-refractivity contribution in [2.24, 2.45) is 0 Å². The van der Waals surface area contributed by atoms with Gasteiger partial charge in [-0.3, -0.25) is 0 Å². The molecule has 0 atom stereocenters. The summed E-state index contributed by atoms with van der Waals surface area (Å²) in [5, 5.41) is 8.63. The molecule has 0 aliphatic carbocycles. The van der Waals surface area contributed by atoms with E-state index in [1.54, 1.807) is 0 Å². The maximum Gasteiger partial charge on any atom is 0.204 e. The van der Waals surface area contributed by atoms with Gasteiger partial charge in [0.25, 0.3) is 0 Å². The van der Waals surface area contributed by atoms with Crippen molar-refractivity contribution >= 4 is 0 Å². The summed E-state index contributed by atoms with van der Waals surface area (Å²) in [5.74, 6) is 0.294. The Kier molecular flexibility index (Phi) is 2.52. The van der Waals surface area contributed by atoms with Gasteiger partial charge in [-0.15, -0.1) is 0 Å². The van der Waals surface area contributed by atoms with Crippen LogP contribution in [0.2, 0.25) is 0 Å². The summed E-state index contributed by atoms with van der Waals surface area (Å²) in [4.78, 5) is 0. The Hall–Kier alpha value is -0.540. The first kappa shape index (κ1) is 8.56. The fourth-order valence-electron chi connectivity index (χ4n) is 0.985. The van der Waals surface area contributed by atoms with Crippen LogP contribution in [0.5, 0.6) is 0 Å². The van der Waals surface area contributed by atoms with Crippen LogP contribution in [0.3, 0.4) is 0 Å². The first-order valence-corrected chi connectivity index (χ1v) is 3.77. The molecule has 1 heterocycles. The van der Waals surface area contributed by atoms with Gasteiger partial charge >= 0.3 is 0 Å². The Labute approximate surface area is 66.6 Å². The van der Waals surface area contributed by atoms with E-state index in [4.69, 9.17) is 14.6 Å². The molecule has 0 bridgehead atoms. The van der Waals surface area contributed by atoms with E-state index in [0.717, 1.165) is 5.76 Å². The van der Waals surface area contributed by atoms with Gasteiger partial charge in [0.1, 0.15) is 5.76 Å². The molecule has 11 heavy (non-hydrogen) atoms. The maximum absolute atomic E-state index is 8.63. The average Bonchev–Trinajstić information content (AvgIpc) is 1.85. The van der Waals surface area contributed by atoms with Crippen molar-refractivity contribution in [3.05, 3.63) is 11.8 Å². The molecular weight excluding hydrogens is 144 g/mol. The molecule has 0 spiro atoms.